The minimum absolute atomic E-state index is 0.422. The molecule has 0 bridgehead atoms. The summed E-state index contributed by atoms with van der Waals surface area (Å²) in [5.74, 6) is 0.859. The third-order valence-corrected chi connectivity index (χ3v) is 4.79. The Labute approximate surface area is 135 Å². The smallest absolute Gasteiger partial charge is 0.204 e. The lowest BCUT2D eigenvalue weighted by molar-refractivity contribution is 0.324. The average Bonchev–Trinajstić information content (AvgIpc) is 2.97. The summed E-state index contributed by atoms with van der Waals surface area (Å²) in [5.41, 5.74) is 2.38. The predicted octanol–water partition coefficient (Wildman–Crippen LogP) is 1.62. The van der Waals surface area contributed by atoms with Gasteiger partial charge in [-0.1, -0.05) is 6.92 Å². The molecule has 1 saturated heterocycles. The summed E-state index contributed by atoms with van der Waals surface area (Å²) in [5, 5.41) is 11.7. The number of fused-ring (bicyclic) bond motifs is 3. The highest BCUT2D eigenvalue weighted by atomic mass is 79.9. The van der Waals surface area contributed by atoms with E-state index in [1.54, 1.807) is 12.5 Å². The van der Waals surface area contributed by atoms with Crippen molar-refractivity contribution >= 4 is 38.6 Å². The van der Waals surface area contributed by atoms with Crippen LogP contribution in [0, 0.1) is 0 Å². The third kappa shape index (κ3) is 1.90. The molecule has 8 heteroatoms. The van der Waals surface area contributed by atoms with Crippen LogP contribution in [0.25, 0.3) is 16.8 Å². The number of rotatable bonds is 3. The normalized spacial score (nSPS) is 21.5. The highest BCUT2D eigenvalue weighted by molar-refractivity contribution is 9.10. The van der Waals surface area contributed by atoms with Gasteiger partial charge in [0, 0.05) is 29.3 Å². The molecule has 4 rings (SSSR count). The van der Waals surface area contributed by atoms with Gasteiger partial charge in [-0.2, -0.15) is 0 Å². The maximum Gasteiger partial charge on any atom is 0.204 e. The molecular formula is C14H16BrN7. The lowest BCUT2D eigenvalue weighted by Gasteiger charge is -2.48. The van der Waals surface area contributed by atoms with Gasteiger partial charge in [0.05, 0.1) is 5.52 Å². The van der Waals surface area contributed by atoms with E-state index in [1.165, 1.54) is 0 Å². The molecule has 1 N–H and O–H groups in total. The molecule has 0 spiro atoms. The van der Waals surface area contributed by atoms with Gasteiger partial charge in [-0.3, -0.25) is 4.40 Å². The van der Waals surface area contributed by atoms with Crippen molar-refractivity contribution in [3.8, 4) is 0 Å². The molecule has 2 atom stereocenters. The van der Waals surface area contributed by atoms with Crippen molar-refractivity contribution in [2.45, 2.75) is 25.4 Å². The molecule has 3 aromatic heterocycles. The molecular weight excluding hydrogens is 346 g/mol. The van der Waals surface area contributed by atoms with Crippen LogP contribution in [0.1, 0.15) is 13.3 Å². The van der Waals surface area contributed by atoms with E-state index in [9.17, 15) is 0 Å². The molecule has 22 heavy (non-hydrogen) atoms. The number of hydrogen-bond donors (Lipinski definition) is 1. The lowest BCUT2D eigenvalue weighted by atomic mass is 9.94. The van der Waals surface area contributed by atoms with Crippen molar-refractivity contribution in [3.05, 3.63) is 23.1 Å². The monoisotopic (exact) mass is 361 g/mol. The van der Waals surface area contributed by atoms with Crippen LogP contribution in [0.15, 0.2) is 23.1 Å². The summed E-state index contributed by atoms with van der Waals surface area (Å²) in [4.78, 5) is 11.5. The van der Waals surface area contributed by atoms with Gasteiger partial charge in [0.25, 0.3) is 0 Å². The van der Waals surface area contributed by atoms with Crippen molar-refractivity contribution in [2.75, 3.05) is 18.5 Å². The van der Waals surface area contributed by atoms with Crippen LogP contribution in [0.4, 0.5) is 5.82 Å². The van der Waals surface area contributed by atoms with Gasteiger partial charge < -0.3 is 10.2 Å². The number of halogens is 1. The summed E-state index contributed by atoms with van der Waals surface area (Å²) in [6.45, 7) is 3.12. The first-order chi connectivity index (χ1) is 10.7. The summed E-state index contributed by atoms with van der Waals surface area (Å²) < 4.78 is 2.87. The fraction of sp³-hybridized carbons (Fsp3) is 0.429. The molecule has 0 saturated carbocycles. The molecule has 7 nitrogen and oxygen atoms in total. The van der Waals surface area contributed by atoms with Crippen LogP contribution in [0.3, 0.4) is 0 Å². The zero-order valence-corrected chi connectivity index (χ0v) is 13.9. The number of aromatic nitrogens is 5. The topological polar surface area (TPSA) is 71.2 Å². The van der Waals surface area contributed by atoms with E-state index < -0.39 is 0 Å². The first-order valence-corrected chi connectivity index (χ1v) is 8.11. The zero-order chi connectivity index (χ0) is 15.3. The average molecular weight is 362 g/mol. The first-order valence-electron chi connectivity index (χ1n) is 7.31. The van der Waals surface area contributed by atoms with E-state index in [4.69, 9.17) is 4.98 Å². The molecule has 0 radical (unpaired) electrons. The Morgan fingerprint density at radius 3 is 3.09 bits per heavy atom. The quantitative estimate of drug-likeness (QED) is 0.764. The van der Waals surface area contributed by atoms with Crippen LogP contribution in [-0.2, 0) is 0 Å². The minimum atomic E-state index is 0.422. The predicted molar refractivity (Wildman–Crippen MR) is 88.1 cm³/mol. The fourth-order valence-corrected chi connectivity index (χ4v) is 3.49. The van der Waals surface area contributed by atoms with Gasteiger partial charge in [-0.15, -0.1) is 10.2 Å². The van der Waals surface area contributed by atoms with Gasteiger partial charge >= 0.3 is 0 Å². The van der Waals surface area contributed by atoms with Gasteiger partial charge in [-0.25, -0.2) is 9.97 Å². The van der Waals surface area contributed by atoms with Crippen molar-refractivity contribution < 1.29 is 0 Å². The van der Waals surface area contributed by atoms with Gasteiger partial charge in [-0.05, 0) is 35.5 Å². The summed E-state index contributed by atoms with van der Waals surface area (Å²) in [6.07, 6.45) is 4.53. The first kappa shape index (κ1) is 13.8. The summed E-state index contributed by atoms with van der Waals surface area (Å²) >= 11 is 3.45. The van der Waals surface area contributed by atoms with E-state index >= 15 is 0 Å². The Morgan fingerprint density at radius 1 is 1.45 bits per heavy atom. The number of hydrogen-bond acceptors (Lipinski definition) is 6. The highest BCUT2D eigenvalue weighted by Gasteiger charge is 2.38. The van der Waals surface area contributed by atoms with Crippen molar-refractivity contribution in [2.24, 2.45) is 0 Å². The van der Waals surface area contributed by atoms with E-state index in [0.717, 1.165) is 34.4 Å². The SMILES string of the molecule is CCC1C(NC)CN1c1nc2ncc(Br)cc2n2cnnc12. The van der Waals surface area contributed by atoms with Crippen LogP contribution in [-0.4, -0.2) is 50.2 Å². The highest BCUT2D eigenvalue weighted by Crippen LogP contribution is 2.31. The molecule has 1 aliphatic heterocycles. The second-order valence-corrected chi connectivity index (χ2v) is 6.40. The van der Waals surface area contributed by atoms with Gasteiger partial charge in [0.15, 0.2) is 11.5 Å². The van der Waals surface area contributed by atoms with E-state index in [-0.39, 0.29) is 0 Å². The molecule has 4 heterocycles. The summed E-state index contributed by atoms with van der Waals surface area (Å²) in [7, 11) is 2.00. The van der Waals surface area contributed by atoms with Gasteiger partial charge in [0.2, 0.25) is 5.65 Å². The summed E-state index contributed by atoms with van der Waals surface area (Å²) in [6, 6.07) is 2.90. The van der Waals surface area contributed by atoms with Gasteiger partial charge in [0.1, 0.15) is 6.33 Å². The Kier molecular flexibility index (Phi) is 3.23. The number of likely N-dealkylation sites (N-methyl/N-ethyl adjacent to an activating group) is 1. The molecule has 3 aromatic rings. The lowest BCUT2D eigenvalue weighted by Crippen LogP contribution is -2.65. The van der Waals surface area contributed by atoms with Crippen LogP contribution < -0.4 is 10.2 Å². The fourth-order valence-electron chi connectivity index (χ4n) is 3.17. The standard InChI is InChI=1S/C14H16BrN7/c1-3-10-9(16-2)6-21(10)13-14-20-18-7-22(14)11-4-8(15)5-17-12(11)19-13/h4-5,7,9-10,16H,3,6H2,1-2H3. The largest absolute Gasteiger partial charge is 0.347 e. The molecule has 1 aliphatic rings. The Bertz CT molecular complexity index is 846. The van der Waals surface area contributed by atoms with E-state index in [2.05, 4.69) is 48.3 Å². The van der Waals surface area contributed by atoms with Crippen LogP contribution >= 0.6 is 15.9 Å². The number of pyridine rings is 1. The van der Waals surface area contributed by atoms with Crippen LogP contribution in [0.2, 0.25) is 0 Å². The molecule has 0 aromatic carbocycles. The number of anilines is 1. The van der Waals surface area contributed by atoms with Crippen LogP contribution in [0.5, 0.6) is 0 Å². The molecule has 2 unspecified atom stereocenters. The minimum Gasteiger partial charge on any atom is -0.347 e. The Morgan fingerprint density at radius 2 is 2.32 bits per heavy atom. The third-order valence-electron chi connectivity index (χ3n) is 4.35. The van der Waals surface area contributed by atoms with E-state index in [1.807, 2.05) is 17.5 Å². The van der Waals surface area contributed by atoms with Crippen molar-refractivity contribution in [3.63, 3.8) is 0 Å². The molecule has 1 fully saturated rings. The number of nitrogens with zero attached hydrogens (tertiary/aromatic N) is 6. The maximum absolute atomic E-state index is 4.75. The number of nitrogens with one attached hydrogen (secondary N) is 1. The maximum atomic E-state index is 4.75. The zero-order valence-electron chi connectivity index (χ0n) is 12.4. The Hall–Kier alpha value is -1.80. The van der Waals surface area contributed by atoms with Crippen molar-refractivity contribution in [1.29, 1.82) is 0 Å². The Balaban J connectivity index is 1.90. The van der Waals surface area contributed by atoms with E-state index in [0.29, 0.717) is 17.7 Å². The van der Waals surface area contributed by atoms with Crippen molar-refractivity contribution in [1.82, 2.24) is 29.9 Å². The molecule has 0 aliphatic carbocycles. The molecule has 0 amide bonds. The second-order valence-electron chi connectivity index (χ2n) is 5.48. The second kappa shape index (κ2) is 5.13. The molecule has 114 valence electrons.